The largest absolute Gasteiger partial charge is 0.377 e. The summed E-state index contributed by atoms with van der Waals surface area (Å²) in [4.78, 5) is 0. The maximum Gasteiger partial charge on any atom is 0.0704 e. The molecule has 0 bridgehead atoms. The average Bonchev–Trinajstić information content (AvgIpc) is 2.53. The third-order valence-electron chi connectivity index (χ3n) is 2.56. The normalized spacial score (nSPS) is 10.9. The molecule has 0 aliphatic heterocycles. The summed E-state index contributed by atoms with van der Waals surface area (Å²) in [7, 11) is 0. The highest BCUT2D eigenvalue weighted by Crippen LogP contribution is 1.89. The van der Waals surface area contributed by atoms with Crippen molar-refractivity contribution in [3.05, 3.63) is 24.3 Å². The summed E-state index contributed by atoms with van der Waals surface area (Å²) in [5.74, 6) is 0. The molecule has 0 heterocycles. The van der Waals surface area contributed by atoms with E-state index in [0.717, 1.165) is 11.1 Å². The molecule has 0 rings (SSSR count). The lowest BCUT2D eigenvalue weighted by Crippen LogP contribution is -2.14. The van der Waals surface area contributed by atoms with Crippen molar-refractivity contribution >= 4 is 0 Å². The fourth-order valence-corrected chi connectivity index (χ4v) is 1.49. The third-order valence-corrected chi connectivity index (χ3v) is 2.56. The zero-order valence-electron chi connectivity index (χ0n) is 15.3. The lowest BCUT2D eigenvalue weighted by Gasteiger charge is -2.08. The van der Waals surface area contributed by atoms with Gasteiger partial charge in [-0.05, 0) is 13.8 Å². The van der Waals surface area contributed by atoms with Crippen molar-refractivity contribution in [3.63, 3.8) is 0 Å². The lowest BCUT2D eigenvalue weighted by molar-refractivity contribution is -0.0149. The van der Waals surface area contributed by atoms with Crippen molar-refractivity contribution in [3.8, 4) is 0 Å². The van der Waals surface area contributed by atoms with E-state index in [2.05, 4.69) is 13.2 Å². The first-order valence-electron chi connectivity index (χ1n) is 8.38. The summed E-state index contributed by atoms with van der Waals surface area (Å²) in [6.07, 6.45) is 0. The number of ether oxygens (including phenoxy) is 6. The van der Waals surface area contributed by atoms with Crippen LogP contribution in [0, 0.1) is 0 Å². The fourth-order valence-electron chi connectivity index (χ4n) is 1.49. The maximum absolute atomic E-state index is 5.39. The van der Waals surface area contributed by atoms with E-state index in [1.807, 2.05) is 13.8 Å². The van der Waals surface area contributed by atoms with Gasteiger partial charge in [-0.1, -0.05) is 24.3 Å². The zero-order valence-corrected chi connectivity index (χ0v) is 15.3. The molecular weight excluding hydrogens is 312 g/mol. The Morgan fingerprint density at radius 2 is 0.667 bits per heavy atom. The summed E-state index contributed by atoms with van der Waals surface area (Å²) in [6.45, 7) is 18.2. The molecule has 0 aliphatic carbocycles. The molecule has 0 saturated heterocycles. The van der Waals surface area contributed by atoms with Crippen molar-refractivity contribution < 1.29 is 28.4 Å². The van der Waals surface area contributed by atoms with E-state index in [4.69, 9.17) is 28.4 Å². The van der Waals surface area contributed by atoms with Gasteiger partial charge in [0.2, 0.25) is 0 Å². The Morgan fingerprint density at radius 3 is 0.875 bits per heavy atom. The Balaban J connectivity index is 3.00. The van der Waals surface area contributed by atoms with Crippen molar-refractivity contribution in [2.75, 3.05) is 79.3 Å². The topological polar surface area (TPSA) is 55.4 Å². The average molecular weight is 346 g/mol. The molecule has 0 N–H and O–H groups in total. The van der Waals surface area contributed by atoms with Crippen molar-refractivity contribution in [2.24, 2.45) is 0 Å². The van der Waals surface area contributed by atoms with Crippen molar-refractivity contribution in [1.82, 2.24) is 0 Å². The molecule has 0 spiro atoms. The van der Waals surface area contributed by atoms with Crippen LogP contribution in [0.3, 0.4) is 0 Å². The molecule has 0 saturated carbocycles. The molecule has 0 radical (unpaired) electrons. The number of rotatable bonds is 19. The van der Waals surface area contributed by atoms with Gasteiger partial charge < -0.3 is 28.4 Å². The predicted molar refractivity (Wildman–Crippen MR) is 94.5 cm³/mol. The van der Waals surface area contributed by atoms with Gasteiger partial charge in [0.25, 0.3) is 0 Å². The summed E-state index contributed by atoms with van der Waals surface area (Å²) >= 11 is 0. The van der Waals surface area contributed by atoms with E-state index < -0.39 is 0 Å². The summed E-state index contributed by atoms with van der Waals surface area (Å²) in [5, 5.41) is 0. The Morgan fingerprint density at radius 1 is 0.458 bits per heavy atom. The Hall–Kier alpha value is -0.760. The zero-order chi connectivity index (χ0) is 17.9. The van der Waals surface area contributed by atoms with Crippen LogP contribution in [0.15, 0.2) is 24.3 Å². The minimum absolute atomic E-state index is 0.553. The highest BCUT2D eigenvalue weighted by atomic mass is 16.6. The van der Waals surface area contributed by atoms with Crippen LogP contribution < -0.4 is 0 Å². The Labute approximate surface area is 146 Å². The van der Waals surface area contributed by atoms with Crippen LogP contribution in [0.5, 0.6) is 0 Å². The molecule has 0 aromatic carbocycles. The second-order valence-corrected chi connectivity index (χ2v) is 5.47. The van der Waals surface area contributed by atoms with Gasteiger partial charge in [0, 0.05) is 0 Å². The van der Waals surface area contributed by atoms with Gasteiger partial charge in [-0.2, -0.15) is 0 Å². The van der Waals surface area contributed by atoms with E-state index >= 15 is 0 Å². The van der Waals surface area contributed by atoms with Crippen molar-refractivity contribution in [2.45, 2.75) is 13.8 Å². The second kappa shape index (κ2) is 18.6. The van der Waals surface area contributed by atoms with E-state index in [9.17, 15) is 0 Å². The van der Waals surface area contributed by atoms with Gasteiger partial charge in [0.15, 0.2) is 0 Å². The van der Waals surface area contributed by atoms with E-state index in [0.29, 0.717) is 79.3 Å². The third kappa shape index (κ3) is 21.2. The first-order chi connectivity index (χ1) is 11.6. The minimum Gasteiger partial charge on any atom is -0.377 e. The molecular formula is C18H34O6. The van der Waals surface area contributed by atoms with Crippen LogP contribution in [0.4, 0.5) is 0 Å². The van der Waals surface area contributed by atoms with Gasteiger partial charge >= 0.3 is 0 Å². The van der Waals surface area contributed by atoms with Crippen LogP contribution in [0.25, 0.3) is 0 Å². The standard InChI is InChI=1S/C18H34O6/c1-17(2)15-23-13-11-21-9-7-19-5-6-20-8-10-22-12-14-24-16-18(3)4/h1,3,5-16H2,2,4H3. The maximum atomic E-state index is 5.39. The number of hydrogen-bond donors (Lipinski definition) is 0. The van der Waals surface area contributed by atoms with E-state index in [1.165, 1.54) is 0 Å². The second-order valence-electron chi connectivity index (χ2n) is 5.47. The fraction of sp³-hybridized carbons (Fsp3) is 0.778. The monoisotopic (exact) mass is 346 g/mol. The highest BCUT2D eigenvalue weighted by molar-refractivity contribution is 4.87. The highest BCUT2D eigenvalue weighted by Gasteiger charge is 1.94. The molecule has 0 unspecified atom stereocenters. The number of hydrogen-bond acceptors (Lipinski definition) is 6. The molecule has 0 aromatic heterocycles. The molecule has 142 valence electrons. The van der Waals surface area contributed by atoms with Gasteiger partial charge in [-0.15, -0.1) is 0 Å². The van der Waals surface area contributed by atoms with Gasteiger partial charge in [-0.3, -0.25) is 0 Å². The van der Waals surface area contributed by atoms with Crippen LogP contribution in [0.2, 0.25) is 0 Å². The Kier molecular flexibility index (Phi) is 18.0. The molecule has 0 aliphatic rings. The first-order valence-corrected chi connectivity index (χ1v) is 8.38. The SMILES string of the molecule is C=C(C)COCCOCCOCCOCCOCCOCC(=C)C. The van der Waals surface area contributed by atoms with Gasteiger partial charge in [-0.25, -0.2) is 0 Å². The molecule has 0 fully saturated rings. The van der Waals surface area contributed by atoms with Gasteiger partial charge in [0.05, 0.1) is 79.3 Å². The lowest BCUT2D eigenvalue weighted by atomic mass is 10.4. The molecule has 0 aromatic rings. The summed E-state index contributed by atoms with van der Waals surface area (Å²) in [6, 6.07) is 0. The molecule has 24 heavy (non-hydrogen) atoms. The van der Waals surface area contributed by atoms with Crippen LogP contribution in [-0.4, -0.2) is 79.3 Å². The van der Waals surface area contributed by atoms with Crippen molar-refractivity contribution in [1.29, 1.82) is 0 Å². The first kappa shape index (κ1) is 23.2. The molecule has 0 amide bonds. The van der Waals surface area contributed by atoms with E-state index in [-0.39, 0.29) is 0 Å². The van der Waals surface area contributed by atoms with Crippen LogP contribution in [0.1, 0.15) is 13.8 Å². The van der Waals surface area contributed by atoms with E-state index in [1.54, 1.807) is 0 Å². The molecule has 0 atom stereocenters. The predicted octanol–water partition coefficient (Wildman–Crippen LogP) is 2.24. The summed E-state index contributed by atoms with van der Waals surface area (Å²) < 4.78 is 32.1. The minimum atomic E-state index is 0.553. The molecule has 6 heteroatoms. The van der Waals surface area contributed by atoms with Gasteiger partial charge in [0.1, 0.15) is 0 Å². The quantitative estimate of drug-likeness (QED) is 0.264. The van der Waals surface area contributed by atoms with Crippen LogP contribution in [-0.2, 0) is 28.4 Å². The Bertz CT molecular complexity index is 276. The summed E-state index contributed by atoms with van der Waals surface area (Å²) in [5.41, 5.74) is 2.03. The smallest absolute Gasteiger partial charge is 0.0704 e. The van der Waals surface area contributed by atoms with Crippen LogP contribution >= 0.6 is 0 Å². The molecule has 6 nitrogen and oxygen atoms in total.